The van der Waals surface area contributed by atoms with Gasteiger partial charge in [0, 0.05) is 25.0 Å². The molecule has 0 atom stereocenters. The second-order valence-electron chi connectivity index (χ2n) is 6.20. The molecule has 26 heavy (non-hydrogen) atoms. The first kappa shape index (κ1) is 19.5. The van der Waals surface area contributed by atoms with Gasteiger partial charge in [0.15, 0.2) is 0 Å². The van der Waals surface area contributed by atoms with Crippen LogP contribution in [0.4, 0.5) is 0 Å². The van der Waals surface area contributed by atoms with Crippen LogP contribution in [0.3, 0.4) is 0 Å². The summed E-state index contributed by atoms with van der Waals surface area (Å²) in [5.41, 5.74) is 4.89. The largest absolute Gasteiger partial charge is 0.457 e. The number of esters is 1. The van der Waals surface area contributed by atoms with E-state index in [-0.39, 0.29) is 12.2 Å². The third kappa shape index (κ3) is 4.84. The Bertz CT molecular complexity index is 839. The van der Waals surface area contributed by atoms with Gasteiger partial charge in [-0.05, 0) is 44.0 Å². The summed E-state index contributed by atoms with van der Waals surface area (Å²) < 4.78 is 12.5. The molecular formula is C21H24N2O3. The Morgan fingerprint density at radius 1 is 1.23 bits per heavy atom. The van der Waals surface area contributed by atoms with Gasteiger partial charge in [-0.15, -0.1) is 0 Å². The smallest absolute Gasteiger partial charge is 0.349 e. The van der Waals surface area contributed by atoms with E-state index in [1.165, 1.54) is 0 Å². The molecule has 136 valence electrons. The van der Waals surface area contributed by atoms with E-state index in [9.17, 15) is 10.1 Å². The Morgan fingerprint density at radius 3 is 2.54 bits per heavy atom. The minimum absolute atomic E-state index is 0.0101. The summed E-state index contributed by atoms with van der Waals surface area (Å²) in [6.07, 6.45) is 1.59. The van der Waals surface area contributed by atoms with Gasteiger partial charge in [-0.2, -0.15) is 5.26 Å². The topological polar surface area (TPSA) is 64.2 Å². The van der Waals surface area contributed by atoms with Gasteiger partial charge in [-0.3, -0.25) is 0 Å². The van der Waals surface area contributed by atoms with Crippen molar-refractivity contribution in [3.05, 3.63) is 64.0 Å². The molecule has 0 N–H and O–H groups in total. The molecule has 0 unspecified atom stereocenters. The third-order valence-electron chi connectivity index (χ3n) is 4.26. The normalized spacial score (nSPS) is 11.3. The summed E-state index contributed by atoms with van der Waals surface area (Å²) in [7, 11) is 1.66. The van der Waals surface area contributed by atoms with Crippen LogP contribution in [-0.2, 0) is 27.4 Å². The molecule has 0 radical (unpaired) electrons. The lowest BCUT2D eigenvalue weighted by molar-refractivity contribution is -0.139. The minimum Gasteiger partial charge on any atom is -0.457 e. The molecule has 0 aliphatic rings. The average Bonchev–Trinajstić information content (AvgIpc) is 2.90. The van der Waals surface area contributed by atoms with Crippen molar-refractivity contribution in [2.75, 3.05) is 13.7 Å². The summed E-state index contributed by atoms with van der Waals surface area (Å²) >= 11 is 0. The quantitative estimate of drug-likeness (QED) is 0.433. The molecule has 1 aromatic carbocycles. The molecule has 0 spiro atoms. The van der Waals surface area contributed by atoms with Gasteiger partial charge < -0.3 is 14.0 Å². The summed E-state index contributed by atoms with van der Waals surface area (Å²) in [6, 6.07) is 11.6. The van der Waals surface area contributed by atoms with Crippen molar-refractivity contribution in [2.45, 2.75) is 33.9 Å². The van der Waals surface area contributed by atoms with Gasteiger partial charge in [0.05, 0.1) is 6.61 Å². The Balaban J connectivity index is 2.13. The fraction of sp³-hybridized carbons (Fsp3) is 0.333. The number of nitriles is 1. The Labute approximate surface area is 154 Å². The number of nitrogens with zero attached hydrogens (tertiary/aromatic N) is 2. The van der Waals surface area contributed by atoms with Gasteiger partial charge in [-0.1, -0.05) is 29.8 Å². The van der Waals surface area contributed by atoms with E-state index in [0.717, 1.165) is 34.6 Å². The summed E-state index contributed by atoms with van der Waals surface area (Å²) in [4.78, 5) is 12.3. The molecule has 1 heterocycles. The number of aryl methyl sites for hydroxylation is 2. The van der Waals surface area contributed by atoms with Crippen LogP contribution in [0.5, 0.6) is 0 Å². The summed E-state index contributed by atoms with van der Waals surface area (Å²) in [5, 5.41) is 9.35. The number of aromatic nitrogens is 1. The zero-order chi connectivity index (χ0) is 19.1. The first-order chi connectivity index (χ1) is 12.5. The van der Waals surface area contributed by atoms with E-state index in [4.69, 9.17) is 9.47 Å². The van der Waals surface area contributed by atoms with Crippen LogP contribution in [0.2, 0.25) is 0 Å². The Hall–Kier alpha value is -2.84. The van der Waals surface area contributed by atoms with Gasteiger partial charge >= 0.3 is 5.97 Å². The molecular weight excluding hydrogens is 328 g/mol. The van der Waals surface area contributed by atoms with Crippen molar-refractivity contribution in [1.82, 2.24) is 4.57 Å². The van der Waals surface area contributed by atoms with Crippen molar-refractivity contribution in [3.63, 3.8) is 0 Å². The maximum atomic E-state index is 12.3. The van der Waals surface area contributed by atoms with Gasteiger partial charge in [0.1, 0.15) is 18.2 Å². The summed E-state index contributed by atoms with van der Waals surface area (Å²) in [6.45, 7) is 7.41. The molecule has 2 rings (SSSR count). The van der Waals surface area contributed by atoms with Crippen LogP contribution in [0.1, 0.15) is 28.1 Å². The highest BCUT2D eigenvalue weighted by atomic mass is 16.5. The lowest BCUT2D eigenvalue weighted by Gasteiger charge is -2.08. The van der Waals surface area contributed by atoms with Gasteiger partial charge in [0.2, 0.25) is 0 Å². The highest BCUT2D eigenvalue weighted by molar-refractivity contribution is 5.98. The van der Waals surface area contributed by atoms with E-state index in [1.807, 2.05) is 57.2 Å². The van der Waals surface area contributed by atoms with E-state index in [0.29, 0.717) is 6.61 Å². The maximum absolute atomic E-state index is 12.3. The monoisotopic (exact) mass is 352 g/mol. The van der Waals surface area contributed by atoms with Crippen molar-refractivity contribution in [2.24, 2.45) is 0 Å². The number of hydrogen-bond donors (Lipinski definition) is 0. The Morgan fingerprint density at radius 2 is 1.92 bits per heavy atom. The van der Waals surface area contributed by atoms with Gasteiger partial charge in [-0.25, -0.2) is 4.79 Å². The molecule has 5 nitrogen and oxygen atoms in total. The highest BCUT2D eigenvalue weighted by Crippen LogP contribution is 2.19. The first-order valence-electron chi connectivity index (χ1n) is 8.46. The molecule has 0 aliphatic heterocycles. The van der Waals surface area contributed by atoms with Crippen molar-refractivity contribution in [3.8, 4) is 6.07 Å². The lowest BCUT2D eigenvalue weighted by Crippen LogP contribution is -2.08. The van der Waals surface area contributed by atoms with E-state index in [2.05, 4.69) is 4.57 Å². The highest BCUT2D eigenvalue weighted by Gasteiger charge is 2.14. The standard InChI is InChI=1S/C21H24N2O3/c1-15-5-7-18(8-6-15)14-26-21(24)20(13-22)12-19-11-16(2)23(17(19)3)9-10-25-4/h5-8,11-12H,9-10,14H2,1-4H3/b20-12+. The van der Waals surface area contributed by atoms with Crippen LogP contribution in [0, 0.1) is 32.1 Å². The third-order valence-corrected chi connectivity index (χ3v) is 4.26. The number of ether oxygens (including phenoxy) is 2. The molecule has 0 bridgehead atoms. The van der Waals surface area contributed by atoms with E-state index < -0.39 is 5.97 Å². The lowest BCUT2D eigenvalue weighted by atomic mass is 10.1. The second kappa shape index (κ2) is 9.02. The number of carbonyl (C=O) groups is 1. The fourth-order valence-electron chi connectivity index (χ4n) is 2.70. The van der Waals surface area contributed by atoms with Crippen LogP contribution in [0.25, 0.3) is 6.08 Å². The molecule has 1 aromatic heterocycles. The second-order valence-corrected chi connectivity index (χ2v) is 6.20. The molecule has 0 saturated heterocycles. The molecule has 0 amide bonds. The van der Waals surface area contributed by atoms with Crippen LogP contribution in [0.15, 0.2) is 35.9 Å². The van der Waals surface area contributed by atoms with E-state index in [1.54, 1.807) is 13.2 Å². The Kier molecular flexibility index (Phi) is 6.76. The fourth-order valence-corrected chi connectivity index (χ4v) is 2.70. The minimum atomic E-state index is -0.616. The molecule has 0 aliphatic carbocycles. The first-order valence-corrected chi connectivity index (χ1v) is 8.46. The van der Waals surface area contributed by atoms with Crippen LogP contribution in [-0.4, -0.2) is 24.3 Å². The van der Waals surface area contributed by atoms with E-state index >= 15 is 0 Å². The number of rotatable bonds is 7. The number of benzene rings is 1. The van der Waals surface area contributed by atoms with Gasteiger partial charge in [0.25, 0.3) is 0 Å². The number of methoxy groups -OCH3 is 1. The SMILES string of the molecule is COCCn1c(C)cc(/C=C(\C#N)C(=O)OCc2ccc(C)cc2)c1C. The van der Waals surface area contributed by atoms with Crippen molar-refractivity contribution in [1.29, 1.82) is 5.26 Å². The predicted molar refractivity (Wildman–Crippen MR) is 100 cm³/mol. The van der Waals surface area contributed by atoms with Crippen molar-refractivity contribution < 1.29 is 14.3 Å². The van der Waals surface area contributed by atoms with Crippen LogP contribution >= 0.6 is 0 Å². The maximum Gasteiger partial charge on any atom is 0.349 e. The van der Waals surface area contributed by atoms with Crippen LogP contribution < -0.4 is 0 Å². The molecule has 2 aromatic rings. The molecule has 0 fully saturated rings. The zero-order valence-electron chi connectivity index (χ0n) is 15.7. The number of hydrogen-bond acceptors (Lipinski definition) is 4. The molecule has 5 heteroatoms. The zero-order valence-corrected chi connectivity index (χ0v) is 15.7. The number of carbonyl (C=O) groups excluding carboxylic acids is 1. The predicted octanol–water partition coefficient (Wildman–Crippen LogP) is 3.71. The average molecular weight is 352 g/mol. The van der Waals surface area contributed by atoms with Crippen molar-refractivity contribution >= 4 is 12.0 Å². The molecule has 0 saturated carbocycles. The summed E-state index contributed by atoms with van der Waals surface area (Å²) in [5.74, 6) is -0.616.